The van der Waals surface area contributed by atoms with Gasteiger partial charge < -0.3 is 5.32 Å². The van der Waals surface area contributed by atoms with Crippen LogP contribution in [0.25, 0.3) is 11.1 Å². The second-order valence-electron chi connectivity index (χ2n) is 5.38. The van der Waals surface area contributed by atoms with Gasteiger partial charge in [-0.2, -0.15) is 0 Å². The molecule has 2 aromatic carbocycles. The van der Waals surface area contributed by atoms with Crippen LogP contribution in [-0.4, -0.2) is 6.54 Å². The van der Waals surface area contributed by atoms with E-state index in [2.05, 4.69) is 73.8 Å². The zero-order chi connectivity index (χ0) is 13.5. The molecule has 2 aromatic rings. The van der Waals surface area contributed by atoms with Crippen LogP contribution in [0, 0.1) is 5.92 Å². The van der Waals surface area contributed by atoms with E-state index in [0.717, 1.165) is 19.0 Å². The fraction of sp³-hybridized carbons (Fsp3) is 0.333. The third kappa shape index (κ3) is 4.22. The smallest absolute Gasteiger partial charge is 0.0211 e. The first-order chi connectivity index (χ1) is 9.27. The van der Waals surface area contributed by atoms with Gasteiger partial charge in [0.25, 0.3) is 0 Å². The summed E-state index contributed by atoms with van der Waals surface area (Å²) in [5.74, 6) is 0.761. The van der Waals surface area contributed by atoms with Gasteiger partial charge in [-0.1, -0.05) is 68.4 Å². The second-order valence-corrected chi connectivity index (χ2v) is 5.38. The summed E-state index contributed by atoms with van der Waals surface area (Å²) in [6, 6.07) is 19.2. The van der Waals surface area contributed by atoms with E-state index in [1.807, 2.05) is 0 Å². The quantitative estimate of drug-likeness (QED) is 0.748. The van der Waals surface area contributed by atoms with Crippen molar-refractivity contribution in [2.45, 2.75) is 26.8 Å². The average molecular weight is 253 g/mol. The maximum atomic E-state index is 3.54. The van der Waals surface area contributed by atoms with Gasteiger partial charge in [-0.05, 0) is 35.6 Å². The first kappa shape index (κ1) is 13.8. The molecule has 0 heterocycles. The van der Waals surface area contributed by atoms with E-state index >= 15 is 0 Å². The molecule has 0 radical (unpaired) electrons. The van der Waals surface area contributed by atoms with Gasteiger partial charge in [0.1, 0.15) is 0 Å². The molecular formula is C18H23N. The molecule has 0 bridgehead atoms. The van der Waals surface area contributed by atoms with Crippen LogP contribution in [0.1, 0.15) is 25.8 Å². The highest BCUT2D eigenvalue weighted by Gasteiger charge is 2.03. The SMILES string of the molecule is CC(C)CCNCc1ccccc1-c1ccccc1. The first-order valence-electron chi connectivity index (χ1n) is 7.11. The lowest BCUT2D eigenvalue weighted by Gasteiger charge is -2.11. The molecule has 0 aromatic heterocycles. The Kier molecular flexibility index (Phi) is 5.17. The number of benzene rings is 2. The zero-order valence-electron chi connectivity index (χ0n) is 11.9. The number of rotatable bonds is 6. The Bertz CT molecular complexity index is 488. The van der Waals surface area contributed by atoms with Gasteiger partial charge in [0.2, 0.25) is 0 Å². The fourth-order valence-electron chi connectivity index (χ4n) is 2.19. The number of hydrogen-bond donors (Lipinski definition) is 1. The zero-order valence-corrected chi connectivity index (χ0v) is 11.9. The summed E-state index contributed by atoms with van der Waals surface area (Å²) >= 11 is 0. The lowest BCUT2D eigenvalue weighted by atomic mass is 10.00. The molecule has 19 heavy (non-hydrogen) atoms. The number of hydrogen-bond acceptors (Lipinski definition) is 1. The third-order valence-corrected chi connectivity index (χ3v) is 3.32. The number of nitrogens with one attached hydrogen (secondary N) is 1. The van der Waals surface area contributed by atoms with Crippen LogP contribution < -0.4 is 5.32 Å². The molecule has 0 amide bonds. The molecule has 100 valence electrons. The van der Waals surface area contributed by atoms with E-state index in [0.29, 0.717) is 0 Å². The Morgan fingerprint density at radius 1 is 0.895 bits per heavy atom. The van der Waals surface area contributed by atoms with Gasteiger partial charge in [-0.25, -0.2) is 0 Å². The monoisotopic (exact) mass is 253 g/mol. The maximum absolute atomic E-state index is 3.54. The van der Waals surface area contributed by atoms with Crippen molar-refractivity contribution in [3.8, 4) is 11.1 Å². The molecular weight excluding hydrogens is 230 g/mol. The lowest BCUT2D eigenvalue weighted by molar-refractivity contribution is 0.538. The van der Waals surface area contributed by atoms with Gasteiger partial charge in [-0.3, -0.25) is 0 Å². The molecule has 0 spiro atoms. The molecule has 1 nitrogen and oxygen atoms in total. The van der Waals surface area contributed by atoms with E-state index in [-0.39, 0.29) is 0 Å². The van der Waals surface area contributed by atoms with E-state index in [4.69, 9.17) is 0 Å². The van der Waals surface area contributed by atoms with Crippen LogP contribution in [0.2, 0.25) is 0 Å². The predicted octanol–water partition coefficient (Wildman–Crippen LogP) is 4.49. The fourth-order valence-corrected chi connectivity index (χ4v) is 2.19. The third-order valence-electron chi connectivity index (χ3n) is 3.32. The summed E-state index contributed by atoms with van der Waals surface area (Å²) in [7, 11) is 0. The molecule has 1 heteroatoms. The minimum atomic E-state index is 0.761. The van der Waals surface area contributed by atoms with Crippen molar-refractivity contribution in [1.29, 1.82) is 0 Å². The summed E-state index contributed by atoms with van der Waals surface area (Å²) in [4.78, 5) is 0. The highest BCUT2D eigenvalue weighted by atomic mass is 14.8. The highest BCUT2D eigenvalue weighted by Crippen LogP contribution is 2.23. The normalized spacial score (nSPS) is 10.9. The van der Waals surface area contributed by atoms with Gasteiger partial charge in [-0.15, -0.1) is 0 Å². The van der Waals surface area contributed by atoms with Gasteiger partial charge >= 0.3 is 0 Å². The second kappa shape index (κ2) is 7.10. The summed E-state index contributed by atoms with van der Waals surface area (Å²) in [5.41, 5.74) is 4.00. The van der Waals surface area contributed by atoms with E-state index < -0.39 is 0 Å². The summed E-state index contributed by atoms with van der Waals surface area (Å²) in [6.07, 6.45) is 1.23. The topological polar surface area (TPSA) is 12.0 Å². The molecule has 0 atom stereocenters. The Hall–Kier alpha value is -1.60. The summed E-state index contributed by atoms with van der Waals surface area (Å²) in [6.45, 7) is 6.55. The van der Waals surface area contributed by atoms with Crippen LogP contribution in [-0.2, 0) is 6.54 Å². The Balaban J connectivity index is 2.05. The van der Waals surface area contributed by atoms with Crippen LogP contribution in [0.3, 0.4) is 0 Å². The largest absolute Gasteiger partial charge is 0.313 e. The Morgan fingerprint density at radius 2 is 1.58 bits per heavy atom. The van der Waals surface area contributed by atoms with E-state index in [1.165, 1.54) is 23.1 Å². The van der Waals surface area contributed by atoms with E-state index in [1.54, 1.807) is 0 Å². The average Bonchev–Trinajstić information content (AvgIpc) is 2.45. The van der Waals surface area contributed by atoms with Crippen molar-refractivity contribution in [1.82, 2.24) is 5.32 Å². The standard InChI is InChI=1S/C18H23N/c1-15(2)12-13-19-14-17-10-6-7-11-18(17)16-8-4-3-5-9-16/h3-11,15,19H,12-14H2,1-2H3. The van der Waals surface area contributed by atoms with Crippen molar-refractivity contribution in [3.05, 3.63) is 60.2 Å². The molecule has 0 saturated carbocycles. The molecule has 0 aliphatic heterocycles. The first-order valence-corrected chi connectivity index (χ1v) is 7.11. The van der Waals surface area contributed by atoms with Gasteiger partial charge in [0, 0.05) is 6.54 Å². The van der Waals surface area contributed by atoms with Crippen molar-refractivity contribution in [2.24, 2.45) is 5.92 Å². The Labute approximate surface area is 116 Å². The molecule has 0 aliphatic rings. The highest BCUT2D eigenvalue weighted by molar-refractivity contribution is 5.67. The van der Waals surface area contributed by atoms with Gasteiger partial charge in [0.05, 0.1) is 0 Å². The van der Waals surface area contributed by atoms with Crippen molar-refractivity contribution >= 4 is 0 Å². The predicted molar refractivity (Wildman–Crippen MR) is 83.0 cm³/mol. The van der Waals surface area contributed by atoms with Crippen LogP contribution in [0.15, 0.2) is 54.6 Å². The summed E-state index contributed by atoms with van der Waals surface area (Å²) < 4.78 is 0. The molecule has 0 saturated heterocycles. The molecule has 1 N–H and O–H groups in total. The van der Waals surface area contributed by atoms with Gasteiger partial charge in [0.15, 0.2) is 0 Å². The molecule has 0 unspecified atom stereocenters. The van der Waals surface area contributed by atoms with Crippen molar-refractivity contribution < 1.29 is 0 Å². The van der Waals surface area contributed by atoms with Crippen LogP contribution in [0.5, 0.6) is 0 Å². The Morgan fingerprint density at radius 3 is 2.32 bits per heavy atom. The molecule has 2 rings (SSSR count). The maximum Gasteiger partial charge on any atom is 0.0211 e. The minimum absolute atomic E-state index is 0.761. The van der Waals surface area contributed by atoms with Crippen molar-refractivity contribution in [3.63, 3.8) is 0 Å². The van der Waals surface area contributed by atoms with Crippen LogP contribution >= 0.6 is 0 Å². The van der Waals surface area contributed by atoms with Crippen molar-refractivity contribution in [2.75, 3.05) is 6.54 Å². The lowest BCUT2D eigenvalue weighted by Crippen LogP contribution is -2.16. The summed E-state index contributed by atoms with van der Waals surface area (Å²) in [5, 5.41) is 3.54. The van der Waals surface area contributed by atoms with Crippen LogP contribution in [0.4, 0.5) is 0 Å². The van der Waals surface area contributed by atoms with E-state index in [9.17, 15) is 0 Å². The molecule has 0 fully saturated rings. The molecule has 0 aliphatic carbocycles. The minimum Gasteiger partial charge on any atom is -0.313 e.